The predicted octanol–water partition coefficient (Wildman–Crippen LogP) is 6.58. The first-order valence-corrected chi connectivity index (χ1v) is 16.0. The summed E-state index contributed by atoms with van der Waals surface area (Å²) in [5.41, 5.74) is 2.47. The summed E-state index contributed by atoms with van der Waals surface area (Å²) in [7, 11) is -3.81. The molecule has 212 valence electrons. The highest BCUT2D eigenvalue weighted by atomic mass is 35.5. The number of rotatable bonds is 9. The van der Waals surface area contributed by atoms with Crippen LogP contribution in [0.25, 0.3) is 0 Å². The van der Waals surface area contributed by atoms with E-state index in [9.17, 15) is 17.6 Å². The Kier molecular flexibility index (Phi) is 8.71. The van der Waals surface area contributed by atoms with Gasteiger partial charge in [-0.25, -0.2) is 17.5 Å². The topological polar surface area (TPSA) is 75.7 Å². The zero-order chi connectivity index (χ0) is 28.4. The summed E-state index contributed by atoms with van der Waals surface area (Å²) in [4.78, 5) is 14.7. The second-order valence-corrected chi connectivity index (χ2v) is 13.1. The summed E-state index contributed by atoms with van der Waals surface area (Å²) in [5, 5.41) is 1.39. The van der Waals surface area contributed by atoms with Crippen molar-refractivity contribution in [2.75, 3.05) is 26.0 Å². The van der Waals surface area contributed by atoms with Crippen LogP contribution < -0.4 is 9.46 Å². The number of piperidine rings is 1. The lowest BCUT2D eigenvalue weighted by molar-refractivity contribution is 0.0977. The Morgan fingerprint density at radius 3 is 2.10 bits per heavy atom. The van der Waals surface area contributed by atoms with E-state index in [-0.39, 0.29) is 23.4 Å². The van der Waals surface area contributed by atoms with Gasteiger partial charge in [-0.15, -0.1) is 0 Å². The Hall–Kier alpha value is -2.65. The number of nitrogens with one attached hydrogen (secondary N) is 1. The molecule has 3 aromatic rings. The first-order chi connectivity index (χ1) is 19.1. The number of amides is 1. The van der Waals surface area contributed by atoms with Crippen molar-refractivity contribution >= 4 is 39.1 Å². The van der Waals surface area contributed by atoms with E-state index < -0.39 is 21.7 Å². The zero-order valence-electron chi connectivity index (χ0n) is 22.1. The maximum atomic E-state index is 14.9. The van der Waals surface area contributed by atoms with E-state index in [2.05, 4.69) is 4.90 Å². The number of nitrogens with zero attached hydrogens (tertiary/aromatic N) is 1. The minimum atomic E-state index is -3.81. The molecule has 10 heteroatoms. The number of carbonyl (C=O) groups excluding carboxylic acids is 1. The summed E-state index contributed by atoms with van der Waals surface area (Å²) in [5.74, 6) is -0.930. The average molecular weight is 606 g/mol. The van der Waals surface area contributed by atoms with Gasteiger partial charge in [0.2, 0.25) is 10.0 Å². The number of likely N-dealkylation sites (tertiary alicyclic amines) is 1. The largest absolute Gasteiger partial charge is 0.493 e. The molecule has 0 aromatic heterocycles. The Morgan fingerprint density at radius 1 is 1.00 bits per heavy atom. The minimum absolute atomic E-state index is 0.0783. The van der Waals surface area contributed by atoms with Crippen LogP contribution in [0, 0.1) is 11.7 Å². The fraction of sp³-hybridized carbons (Fsp3) is 0.367. The van der Waals surface area contributed by atoms with Gasteiger partial charge in [0.05, 0.1) is 24.5 Å². The van der Waals surface area contributed by atoms with Gasteiger partial charge in [0.1, 0.15) is 11.6 Å². The Bertz CT molecular complexity index is 1460. The summed E-state index contributed by atoms with van der Waals surface area (Å²) in [6.07, 6.45) is 4.44. The fourth-order valence-corrected chi connectivity index (χ4v) is 6.27. The smallest absolute Gasteiger partial charge is 0.267 e. The zero-order valence-corrected chi connectivity index (χ0v) is 24.4. The fourth-order valence-electron chi connectivity index (χ4n) is 5.35. The number of ether oxygens (including phenoxy) is 1. The van der Waals surface area contributed by atoms with E-state index in [1.54, 1.807) is 0 Å². The lowest BCUT2D eigenvalue weighted by Gasteiger charge is -2.38. The van der Waals surface area contributed by atoms with Crippen LogP contribution in [0.2, 0.25) is 10.0 Å². The molecule has 1 aliphatic heterocycles. The maximum absolute atomic E-state index is 14.9. The molecule has 2 fully saturated rings. The van der Waals surface area contributed by atoms with Crippen molar-refractivity contribution in [2.45, 2.75) is 37.6 Å². The second-order valence-electron chi connectivity index (χ2n) is 10.6. The van der Waals surface area contributed by atoms with Gasteiger partial charge in [0.15, 0.2) is 0 Å². The van der Waals surface area contributed by atoms with Crippen LogP contribution in [0.3, 0.4) is 0 Å². The van der Waals surface area contributed by atoms with Gasteiger partial charge in [-0.1, -0.05) is 59.6 Å². The van der Waals surface area contributed by atoms with E-state index in [1.165, 1.54) is 12.1 Å². The number of hydrogen-bond acceptors (Lipinski definition) is 5. The summed E-state index contributed by atoms with van der Waals surface area (Å²) >= 11 is 13.3. The van der Waals surface area contributed by atoms with Crippen molar-refractivity contribution in [3.63, 3.8) is 0 Å². The number of hydrogen-bond donors (Lipinski definition) is 1. The molecule has 1 saturated heterocycles. The van der Waals surface area contributed by atoms with E-state index in [0.717, 1.165) is 61.7 Å². The standard InChI is InChI=1S/C30H31Cl2FN2O4S/c1-40(37,38)34-30(36)24-16-23(20-10-11-20)28(17-27(24)33)39-18-19-12-14-35(15-13-19)29(21-6-2-4-8-25(21)31)22-7-3-5-9-26(22)32/h2-9,16-17,19-20,29H,10-15,18H2,1H3,(H,34,36). The lowest BCUT2D eigenvalue weighted by atomic mass is 9.91. The van der Waals surface area contributed by atoms with Crippen LogP contribution in [0.1, 0.15) is 64.7 Å². The van der Waals surface area contributed by atoms with Gasteiger partial charge in [0.25, 0.3) is 5.91 Å². The highest BCUT2D eigenvalue weighted by molar-refractivity contribution is 7.89. The summed E-state index contributed by atoms with van der Waals surface area (Å²) in [6, 6.07) is 18.3. The van der Waals surface area contributed by atoms with Crippen LogP contribution in [-0.2, 0) is 10.0 Å². The third-order valence-electron chi connectivity index (χ3n) is 7.53. The maximum Gasteiger partial charge on any atom is 0.267 e. The number of sulfonamides is 1. The van der Waals surface area contributed by atoms with Gasteiger partial charge in [-0.05, 0) is 85.5 Å². The van der Waals surface area contributed by atoms with E-state index in [0.29, 0.717) is 22.4 Å². The molecular formula is C30H31Cl2FN2O4S. The molecule has 0 radical (unpaired) electrons. The molecule has 0 atom stereocenters. The third-order valence-corrected chi connectivity index (χ3v) is 8.77. The second kappa shape index (κ2) is 12.1. The third kappa shape index (κ3) is 6.79. The number of benzene rings is 3. The summed E-state index contributed by atoms with van der Waals surface area (Å²) < 4.78 is 45.8. The molecule has 0 bridgehead atoms. The molecule has 5 rings (SSSR count). The molecule has 0 unspecified atom stereocenters. The first kappa shape index (κ1) is 28.9. The van der Waals surface area contributed by atoms with Crippen LogP contribution in [0.15, 0.2) is 60.7 Å². The quantitative estimate of drug-likeness (QED) is 0.298. The molecule has 1 aliphatic carbocycles. The number of halogens is 3. The molecule has 0 spiro atoms. The molecule has 3 aromatic carbocycles. The summed E-state index contributed by atoms with van der Waals surface area (Å²) in [6.45, 7) is 2.04. The van der Waals surface area contributed by atoms with Crippen molar-refractivity contribution in [3.05, 3.63) is 98.8 Å². The van der Waals surface area contributed by atoms with Crippen molar-refractivity contribution in [1.29, 1.82) is 0 Å². The van der Waals surface area contributed by atoms with Crippen molar-refractivity contribution in [3.8, 4) is 5.75 Å². The van der Waals surface area contributed by atoms with Crippen molar-refractivity contribution in [1.82, 2.24) is 9.62 Å². The van der Waals surface area contributed by atoms with E-state index in [1.807, 2.05) is 53.3 Å². The highest BCUT2D eigenvalue weighted by Gasteiger charge is 2.32. The van der Waals surface area contributed by atoms with Gasteiger partial charge >= 0.3 is 0 Å². The van der Waals surface area contributed by atoms with Crippen molar-refractivity contribution in [2.24, 2.45) is 5.92 Å². The normalized spacial score (nSPS) is 16.7. The highest BCUT2D eigenvalue weighted by Crippen LogP contribution is 2.45. The Morgan fingerprint density at radius 2 is 1.57 bits per heavy atom. The monoisotopic (exact) mass is 604 g/mol. The van der Waals surface area contributed by atoms with E-state index in [4.69, 9.17) is 27.9 Å². The van der Waals surface area contributed by atoms with Gasteiger partial charge in [0, 0.05) is 16.1 Å². The molecule has 2 aliphatic rings. The molecule has 40 heavy (non-hydrogen) atoms. The van der Waals surface area contributed by atoms with Crippen LogP contribution in [0.4, 0.5) is 4.39 Å². The minimum Gasteiger partial charge on any atom is -0.493 e. The number of carbonyl (C=O) groups is 1. The van der Waals surface area contributed by atoms with Crippen LogP contribution >= 0.6 is 23.2 Å². The lowest BCUT2D eigenvalue weighted by Crippen LogP contribution is -2.39. The molecule has 6 nitrogen and oxygen atoms in total. The first-order valence-electron chi connectivity index (χ1n) is 13.3. The van der Waals surface area contributed by atoms with Crippen LogP contribution in [0.5, 0.6) is 5.75 Å². The average Bonchev–Trinajstić information content (AvgIpc) is 3.75. The van der Waals surface area contributed by atoms with E-state index >= 15 is 0 Å². The SMILES string of the molecule is CS(=O)(=O)NC(=O)c1cc(C2CC2)c(OCC2CCN(C(c3ccccc3Cl)c3ccccc3Cl)CC2)cc1F. The molecular weight excluding hydrogens is 574 g/mol. The van der Waals surface area contributed by atoms with Gasteiger partial charge in [-0.2, -0.15) is 0 Å². The molecule has 1 saturated carbocycles. The molecule has 1 N–H and O–H groups in total. The van der Waals surface area contributed by atoms with Gasteiger partial charge < -0.3 is 4.74 Å². The van der Waals surface area contributed by atoms with Gasteiger partial charge in [-0.3, -0.25) is 9.69 Å². The Balaban J connectivity index is 1.28. The van der Waals surface area contributed by atoms with Crippen LogP contribution in [-0.4, -0.2) is 45.2 Å². The Labute approximate surface area is 244 Å². The molecule has 1 amide bonds. The van der Waals surface area contributed by atoms with Crippen molar-refractivity contribution < 1.29 is 22.3 Å². The predicted molar refractivity (Wildman–Crippen MR) is 155 cm³/mol. The molecule has 1 heterocycles.